The lowest BCUT2D eigenvalue weighted by Crippen LogP contribution is -2.05. The van der Waals surface area contributed by atoms with Crippen molar-refractivity contribution in [1.82, 2.24) is 9.97 Å². The number of rotatable bonds is 4. The number of benzene rings is 1. The van der Waals surface area contributed by atoms with Crippen molar-refractivity contribution in [2.45, 2.75) is 6.42 Å². The third kappa shape index (κ3) is 2.22. The third-order valence-corrected chi connectivity index (χ3v) is 2.58. The van der Waals surface area contributed by atoms with Crippen LogP contribution in [-0.2, 0) is 16.0 Å². The number of esters is 1. The topological polar surface area (TPSA) is 73.4 Å². The molecule has 0 amide bonds. The minimum absolute atomic E-state index is 0.107. The van der Waals surface area contributed by atoms with Crippen LogP contribution in [0.1, 0.15) is 5.82 Å². The van der Waals surface area contributed by atoms with E-state index in [4.69, 9.17) is 9.47 Å². The molecule has 1 aromatic carbocycles. The zero-order valence-corrected chi connectivity index (χ0v) is 10.4. The second kappa shape index (κ2) is 4.95. The summed E-state index contributed by atoms with van der Waals surface area (Å²) < 4.78 is 15.0. The maximum Gasteiger partial charge on any atom is 0.313 e. The molecule has 0 fully saturated rings. The van der Waals surface area contributed by atoms with Gasteiger partial charge in [0.1, 0.15) is 12.2 Å². The molecular formula is C12H14N2O4. The Morgan fingerprint density at radius 1 is 1.22 bits per heavy atom. The van der Waals surface area contributed by atoms with Gasteiger partial charge in [-0.3, -0.25) is 4.79 Å². The van der Waals surface area contributed by atoms with Gasteiger partial charge in [-0.05, 0) is 0 Å². The molecule has 0 atom stereocenters. The first-order valence-corrected chi connectivity index (χ1v) is 5.35. The molecule has 0 spiro atoms. The lowest BCUT2D eigenvalue weighted by Gasteiger charge is -2.06. The largest absolute Gasteiger partial charge is 0.493 e. The monoisotopic (exact) mass is 250 g/mol. The third-order valence-electron chi connectivity index (χ3n) is 2.58. The number of H-pyrrole nitrogens is 1. The molecule has 0 saturated carbocycles. The first-order chi connectivity index (χ1) is 8.67. The van der Waals surface area contributed by atoms with Crippen molar-refractivity contribution in [3.05, 3.63) is 18.0 Å². The number of fused-ring (bicyclic) bond motifs is 1. The smallest absolute Gasteiger partial charge is 0.313 e. The minimum Gasteiger partial charge on any atom is -0.493 e. The van der Waals surface area contributed by atoms with Gasteiger partial charge in [0.2, 0.25) is 0 Å². The van der Waals surface area contributed by atoms with E-state index in [0.717, 1.165) is 5.52 Å². The second-order valence-corrected chi connectivity index (χ2v) is 3.66. The average Bonchev–Trinajstić information content (AvgIpc) is 2.77. The van der Waals surface area contributed by atoms with Crippen LogP contribution in [0.25, 0.3) is 11.0 Å². The highest BCUT2D eigenvalue weighted by Gasteiger charge is 2.12. The fraction of sp³-hybridized carbons (Fsp3) is 0.333. The van der Waals surface area contributed by atoms with Crippen LogP contribution < -0.4 is 9.47 Å². The van der Waals surface area contributed by atoms with E-state index in [9.17, 15) is 4.79 Å². The number of nitrogens with zero attached hydrogens (tertiary/aromatic N) is 1. The van der Waals surface area contributed by atoms with E-state index >= 15 is 0 Å². The number of carbonyl (C=O) groups is 1. The summed E-state index contributed by atoms with van der Waals surface area (Å²) in [6.07, 6.45) is 0.107. The van der Waals surface area contributed by atoms with Gasteiger partial charge in [-0.1, -0.05) is 0 Å². The molecular weight excluding hydrogens is 236 g/mol. The molecule has 0 saturated heterocycles. The Balaban J connectivity index is 2.41. The van der Waals surface area contributed by atoms with Gasteiger partial charge >= 0.3 is 5.97 Å². The van der Waals surface area contributed by atoms with E-state index in [-0.39, 0.29) is 12.4 Å². The van der Waals surface area contributed by atoms with Gasteiger partial charge in [0.15, 0.2) is 11.5 Å². The molecule has 0 aliphatic carbocycles. The fourth-order valence-corrected chi connectivity index (χ4v) is 1.68. The van der Waals surface area contributed by atoms with Gasteiger partial charge in [-0.15, -0.1) is 0 Å². The summed E-state index contributed by atoms with van der Waals surface area (Å²) in [5, 5.41) is 0. The van der Waals surface area contributed by atoms with Gasteiger partial charge in [0.05, 0.1) is 32.4 Å². The Hall–Kier alpha value is -2.24. The normalized spacial score (nSPS) is 10.4. The van der Waals surface area contributed by atoms with Gasteiger partial charge in [-0.2, -0.15) is 0 Å². The summed E-state index contributed by atoms with van der Waals surface area (Å²) >= 11 is 0. The van der Waals surface area contributed by atoms with Crippen LogP contribution in [0.5, 0.6) is 11.5 Å². The predicted octanol–water partition coefficient (Wildman–Crippen LogP) is 1.30. The maximum absolute atomic E-state index is 11.2. The molecule has 6 heteroatoms. The molecule has 2 rings (SSSR count). The number of ether oxygens (including phenoxy) is 3. The van der Waals surface area contributed by atoms with E-state index in [1.54, 1.807) is 26.4 Å². The predicted molar refractivity (Wildman–Crippen MR) is 64.9 cm³/mol. The van der Waals surface area contributed by atoms with Gasteiger partial charge in [-0.25, -0.2) is 4.98 Å². The molecule has 0 bridgehead atoms. The Labute approximate surface area is 104 Å². The molecule has 1 N–H and O–H groups in total. The minimum atomic E-state index is -0.340. The average molecular weight is 250 g/mol. The van der Waals surface area contributed by atoms with Gasteiger partial charge < -0.3 is 19.2 Å². The Morgan fingerprint density at radius 2 is 1.89 bits per heavy atom. The van der Waals surface area contributed by atoms with Crippen molar-refractivity contribution >= 4 is 17.0 Å². The molecule has 0 unspecified atom stereocenters. The Bertz CT molecular complexity index is 536. The van der Waals surface area contributed by atoms with Gasteiger partial charge in [0.25, 0.3) is 0 Å². The Kier molecular flexibility index (Phi) is 3.36. The van der Waals surface area contributed by atoms with E-state index < -0.39 is 0 Å². The summed E-state index contributed by atoms with van der Waals surface area (Å²) in [4.78, 5) is 18.5. The highest BCUT2D eigenvalue weighted by Crippen LogP contribution is 2.31. The lowest BCUT2D eigenvalue weighted by atomic mass is 10.3. The molecule has 1 aromatic heterocycles. The number of imidazole rings is 1. The number of hydrogen-bond acceptors (Lipinski definition) is 5. The van der Waals surface area contributed by atoms with E-state index in [2.05, 4.69) is 14.7 Å². The van der Waals surface area contributed by atoms with Crippen LogP contribution in [-0.4, -0.2) is 37.3 Å². The highest BCUT2D eigenvalue weighted by molar-refractivity contribution is 5.81. The highest BCUT2D eigenvalue weighted by atomic mass is 16.5. The molecule has 96 valence electrons. The van der Waals surface area contributed by atoms with Crippen molar-refractivity contribution < 1.29 is 19.0 Å². The van der Waals surface area contributed by atoms with Crippen molar-refractivity contribution in [3.63, 3.8) is 0 Å². The number of aromatic amines is 1. The zero-order chi connectivity index (χ0) is 13.1. The zero-order valence-electron chi connectivity index (χ0n) is 10.4. The molecule has 0 aliphatic rings. The van der Waals surface area contributed by atoms with Crippen LogP contribution in [0.2, 0.25) is 0 Å². The van der Waals surface area contributed by atoms with E-state index in [0.29, 0.717) is 22.8 Å². The lowest BCUT2D eigenvalue weighted by molar-refractivity contribution is -0.139. The van der Waals surface area contributed by atoms with Crippen LogP contribution >= 0.6 is 0 Å². The molecule has 6 nitrogen and oxygen atoms in total. The molecule has 2 aromatic rings. The van der Waals surface area contributed by atoms with Crippen LogP contribution in [0.3, 0.4) is 0 Å². The maximum atomic E-state index is 11.2. The molecule has 0 aliphatic heterocycles. The summed E-state index contributed by atoms with van der Waals surface area (Å²) in [6.45, 7) is 0. The Morgan fingerprint density at radius 3 is 2.50 bits per heavy atom. The number of hydrogen-bond donors (Lipinski definition) is 1. The second-order valence-electron chi connectivity index (χ2n) is 3.66. The first-order valence-electron chi connectivity index (χ1n) is 5.35. The molecule has 0 radical (unpaired) electrons. The number of carbonyl (C=O) groups excluding carboxylic acids is 1. The molecule has 18 heavy (non-hydrogen) atoms. The fourth-order valence-electron chi connectivity index (χ4n) is 1.68. The van der Waals surface area contributed by atoms with E-state index in [1.807, 2.05) is 0 Å². The molecule has 1 heterocycles. The van der Waals surface area contributed by atoms with Crippen molar-refractivity contribution in [2.24, 2.45) is 0 Å². The van der Waals surface area contributed by atoms with Crippen molar-refractivity contribution in [3.8, 4) is 11.5 Å². The van der Waals surface area contributed by atoms with Crippen LogP contribution in [0, 0.1) is 0 Å². The number of aromatic nitrogens is 2. The van der Waals surface area contributed by atoms with Crippen molar-refractivity contribution in [2.75, 3.05) is 21.3 Å². The van der Waals surface area contributed by atoms with Crippen molar-refractivity contribution in [1.29, 1.82) is 0 Å². The van der Waals surface area contributed by atoms with Crippen LogP contribution in [0.4, 0.5) is 0 Å². The summed E-state index contributed by atoms with van der Waals surface area (Å²) in [6, 6.07) is 3.54. The van der Waals surface area contributed by atoms with Crippen LogP contribution in [0.15, 0.2) is 12.1 Å². The standard InChI is InChI=1S/C12H14N2O4/c1-16-9-4-7-8(5-10(9)17-2)14-11(13-7)6-12(15)18-3/h4-5H,6H2,1-3H3,(H,13,14). The first kappa shape index (κ1) is 12.2. The number of methoxy groups -OCH3 is 3. The summed E-state index contributed by atoms with van der Waals surface area (Å²) in [5.41, 5.74) is 1.50. The number of nitrogens with one attached hydrogen (secondary N) is 1. The van der Waals surface area contributed by atoms with Gasteiger partial charge in [0, 0.05) is 12.1 Å². The summed E-state index contributed by atoms with van der Waals surface area (Å²) in [5.74, 6) is 1.42. The quantitative estimate of drug-likeness (QED) is 0.828. The summed E-state index contributed by atoms with van der Waals surface area (Å²) in [7, 11) is 4.47. The van der Waals surface area contributed by atoms with E-state index in [1.165, 1.54) is 7.11 Å². The SMILES string of the molecule is COC(=O)Cc1nc2cc(OC)c(OC)cc2[nH]1.